The first-order chi connectivity index (χ1) is 18.1. The number of carbonyl (C=O) groups is 1. The predicted octanol–water partition coefficient (Wildman–Crippen LogP) is 5.17. The van der Waals surface area contributed by atoms with Gasteiger partial charge in [0.05, 0.1) is 6.20 Å². The van der Waals surface area contributed by atoms with Crippen LogP contribution in [-0.2, 0) is 4.74 Å². The Labute approximate surface area is 228 Å². The van der Waals surface area contributed by atoms with E-state index in [1.165, 1.54) is 17.4 Å². The highest BCUT2D eigenvalue weighted by atomic mass is 16.6. The van der Waals surface area contributed by atoms with E-state index in [2.05, 4.69) is 54.1 Å². The number of carbonyl (C=O) groups excluding carboxylic acids is 1. The molecule has 2 fully saturated rings. The number of aliphatic hydroxyl groups is 1. The summed E-state index contributed by atoms with van der Waals surface area (Å²) in [7, 11) is 0. The molecule has 2 saturated carbocycles. The number of ether oxygens (including phenoxy) is 1. The fraction of sp³-hybridized carbons (Fsp3) is 0.548. The van der Waals surface area contributed by atoms with Gasteiger partial charge in [0.2, 0.25) is 0 Å². The first-order valence-electron chi connectivity index (χ1n) is 14.0. The van der Waals surface area contributed by atoms with Crippen molar-refractivity contribution in [1.82, 2.24) is 10.2 Å². The van der Waals surface area contributed by atoms with Crippen molar-refractivity contribution in [2.24, 2.45) is 5.92 Å². The first-order valence-corrected chi connectivity index (χ1v) is 14.0. The van der Waals surface area contributed by atoms with Gasteiger partial charge >= 0.3 is 6.09 Å². The van der Waals surface area contributed by atoms with E-state index in [1.54, 1.807) is 0 Å². The fourth-order valence-electron chi connectivity index (χ4n) is 5.32. The monoisotopic (exact) mass is 523 g/mol. The molecular weight excluding hydrogens is 476 g/mol. The Bertz CT molecular complexity index is 1000. The van der Waals surface area contributed by atoms with E-state index >= 15 is 0 Å². The van der Waals surface area contributed by atoms with E-state index in [4.69, 9.17) is 10.1 Å². The summed E-state index contributed by atoms with van der Waals surface area (Å²) >= 11 is 0. The molecule has 2 atom stereocenters. The van der Waals surface area contributed by atoms with Gasteiger partial charge in [-0.2, -0.15) is 0 Å². The molecule has 0 aromatic heterocycles. The van der Waals surface area contributed by atoms with Crippen LogP contribution in [0.5, 0.6) is 0 Å². The number of quaternary nitrogens is 1. The SMILES string of the molecule is C=C(O)C[NH2+]C=C(C=N)CNC1CCC(N(C(=O)OC(C)(C)C)C2CC2C(=Cc2ccccc2)CC)CC1. The molecule has 5 N–H and O–H groups in total. The summed E-state index contributed by atoms with van der Waals surface area (Å²) < 4.78 is 5.90. The largest absolute Gasteiger partial charge is 0.507 e. The quantitative estimate of drug-likeness (QED) is 0.224. The summed E-state index contributed by atoms with van der Waals surface area (Å²) in [5, 5.41) is 22.3. The van der Waals surface area contributed by atoms with Gasteiger partial charge in [-0.15, -0.1) is 0 Å². The number of nitrogens with zero attached hydrogens (tertiary/aromatic N) is 1. The lowest BCUT2D eigenvalue weighted by Crippen LogP contribution is -2.78. The number of aliphatic hydroxyl groups excluding tert-OH is 1. The molecule has 2 aliphatic carbocycles. The third-order valence-electron chi connectivity index (χ3n) is 7.31. The molecule has 1 amide bonds. The van der Waals surface area contributed by atoms with Crippen molar-refractivity contribution >= 4 is 18.4 Å². The molecule has 7 nitrogen and oxygen atoms in total. The van der Waals surface area contributed by atoms with Crippen molar-refractivity contribution in [2.75, 3.05) is 13.1 Å². The van der Waals surface area contributed by atoms with Crippen LogP contribution in [0.15, 0.2) is 60.0 Å². The summed E-state index contributed by atoms with van der Waals surface area (Å²) in [4.78, 5) is 15.5. The zero-order valence-corrected chi connectivity index (χ0v) is 23.6. The number of hydrogen-bond donors (Lipinski definition) is 4. The Hall–Kier alpha value is -2.90. The van der Waals surface area contributed by atoms with Crippen molar-refractivity contribution in [1.29, 1.82) is 5.41 Å². The highest BCUT2D eigenvalue weighted by Gasteiger charge is 2.49. The summed E-state index contributed by atoms with van der Waals surface area (Å²) in [5.74, 6) is 0.501. The maximum Gasteiger partial charge on any atom is 0.410 e. The van der Waals surface area contributed by atoms with Crippen LogP contribution in [0.1, 0.15) is 71.8 Å². The summed E-state index contributed by atoms with van der Waals surface area (Å²) in [6.07, 6.45) is 11.1. The third kappa shape index (κ3) is 9.14. The van der Waals surface area contributed by atoms with Gasteiger partial charge in [0.1, 0.15) is 17.9 Å². The average Bonchev–Trinajstić information content (AvgIpc) is 3.65. The molecule has 38 heavy (non-hydrogen) atoms. The van der Waals surface area contributed by atoms with E-state index in [9.17, 15) is 9.90 Å². The number of hydrogen-bond acceptors (Lipinski definition) is 5. The number of rotatable bonds is 12. The minimum atomic E-state index is -0.527. The standard InChI is InChI=1S/C31H46N4O3/c1-6-25(16-23-10-8-7-9-11-23)28-17-29(28)35(30(37)38-31(3,4)5)27-14-12-26(13-15-27)34-21-24(18-32)20-33-19-22(2)36/h7-11,16,18,20,26-29,32-34,36H,2,6,12-15,17,19,21H2,1,3-5H3/p+1. The highest BCUT2D eigenvalue weighted by Crippen LogP contribution is 2.46. The Morgan fingerprint density at radius 2 is 1.92 bits per heavy atom. The van der Waals surface area contributed by atoms with Crippen LogP contribution in [0, 0.1) is 11.3 Å². The molecule has 0 bridgehead atoms. The van der Waals surface area contributed by atoms with Crippen molar-refractivity contribution < 1.29 is 20.0 Å². The maximum absolute atomic E-state index is 13.4. The van der Waals surface area contributed by atoms with E-state index in [0.717, 1.165) is 44.1 Å². The Morgan fingerprint density at radius 3 is 2.50 bits per heavy atom. The number of amides is 1. The van der Waals surface area contributed by atoms with Crippen molar-refractivity contribution in [2.45, 2.75) is 89.9 Å². The first kappa shape index (κ1) is 29.7. The molecule has 0 spiro atoms. The second-order valence-electron chi connectivity index (χ2n) is 11.6. The zero-order valence-electron chi connectivity index (χ0n) is 23.6. The zero-order chi connectivity index (χ0) is 27.7. The van der Waals surface area contributed by atoms with Crippen LogP contribution < -0.4 is 10.6 Å². The summed E-state index contributed by atoms with van der Waals surface area (Å²) in [6, 6.07) is 11.1. The van der Waals surface area contributed by atoms with Crippen LogP contribution in [0.4, 0.5) is 4.79 Å². The van der Waals surface area contributed by atoms with Crippen molar-refractivity contribution in [3.8, 4) is 0 Å². The summed E-state index contributed by atoms with van der Waals surface area (Å²) in [6.45, 7) is 12.5. The van der Waals surface area contributed by atoms with Crippen molar-refractivity contribution in [3.63, 3.8) is 0 Å². The average molecular weight is 524 g/mol. The molecule has 3 rings (SSSR count). The fourth-order valence-corrected chi connectivity index (χ4v) is 5.32. The minimum absolute atomic E-state index is 0.117. The lowest BCUT2D eigenvalue weighted by atomic mass is 9.89. The number of nitrogens with one attached hydrogen (secondary N) is 2. The van der Waals surface area contributed by atoms with Crippen LogP contribution in [0.2, 0.25) is 0 Å². The van der Waals surface area contributed by atoms with Crippen LogP contribution in [0.25, 0.3) is 6.08 Å². The topological polar surface area (TPSA) is 102 Å². The van der Waals surface area contributed by atoms with Crippen molar-refractivity contribution in [3.05, 3.63) is 65.6 Å². The second-order valence-corrected chi connectivity index (χ2v) is 11.6. The van der Waals surface area contributed by atoms with Gasteiger partial charge in [0.15, 0.2) is 0 Å². The molecular formula is C31H47N4O3+. The number of benzene rings is 1. The van der Waals surface area contributed by atoms with E-state index in [0.29, 0.717) is 25.0 Å². The molecule has 1 aromatic carbocycles. The predicted molar refractivity (Wildman–Crippen MR) is 154 cm³/mol. The van der Waals surface area contributed by atoms with E-state index in [1.807, 2.05) is 38.4 Å². The van der Waals surface area contributed by atoms with Gasteiger partial charge in [-0.05, 0) is 64.9 Å². The van der Waals surface area contributed by atoms with E-state index in [-0.39, 0.29) is 23.9 Å². The maximum atomic E-state index is 13.4. The van der Waals surface area contributed by atoms with Gasteiger partial charge in [-0.1, -0.05) is 55.5 Å². The Kier molecular flexibility index (Phi) is 10.7. The smallest absolute Gasteiger partial charge is 0.410 e. The third-order valence-corrected chi connectivity index (χ3v) is 7.31. The van der Waals surface area contributed by atoms with Crippen LogP contribution in [-0.4, -0.2) is 59.1 Å². The molecule has 0 aliphatic heterocycles. The second kappa shape index (κ2) is 13.8. The van der Waals surface area contributed by atoms with Gasteiger partial charge in [0.25, 0.3) is 0 Å². The molecule has 1 aromatic rings. The van der Waals surface area contributed by atoms with Gasteiger partial charge in [-0.3, -0.25) is 0 Å². The van der Waals surface area contributed by atoms with Gasteiger partial charge in [-0.25, -0.2) is 4.79 Å². The molecule has 2 unspecified atom stereocenters. The van der Waals surface area contributed by atoms with E-state index < -0.39 is 5.60 Å². The summed E-state index contributed by atoms with van der Waals surface area (Å²) in [5.41, 5.74) is 2.95. The normalized spacial score (nSPS) is 24.0. The minimum Gasteiger partial charge on any atom is -0.507 e. The molecule has 7 heteroatoms. The van der Waals surface area contributed by atoms with Gasteiger partial charge < -0.3 is 30.8 Å². The Balaban J connectivity index is 1.63. The molecule has 0 heterocycles. The lowest BCUT2D eigenvalue weighted by Gasteiger charge is -2.38. The van der Waals surface area contributed by atoms with Gasteiger partial charge in [0, 0.05) is 42.4 Å². The molecule has 0 saturated heterocycles. The lowest BCUT2D eigenvalue weighted by molar-refractivity contribution is -0.583. The molecule has 2 aliphatic rings. The highest BCUT2D eigenvalue weighted by molar-refractivity contribution is 5.75. The number of nitrogens with two attached hydrogens (primary N) is 1. The van der Waals surface area contributed by atoms with Crippen LogP contribution >= 0.6 is 0 Å². The molecule has 208 valence electrons. The van der Waals surface area contributed by atoms with Crippen LogP contribution in [0.3, 0.4) is 0 Å². The Morgan fingerprint density at radius 1 is 1.24 bits per heavy atom. The molecule has 0 radical (unpaired) electrons.